The van der Waals surface area contributed by atoms with Crippen molar-refractivity contribution < 1.29 is 32.6 Å². The molecule has 1 aliphatic heterocycles. The second-order valence-electron chi connectivity index (χ2n) is 7.07. The lowest BCUT2D eigenvalue weighted by Crippen LogP contribution is -2.29. The Morgan fingerprint density at radius 1 is 1.09 bits per heavy atom. The van der Waals surface area contributed by atoms with E-state index in [1.807, 2.05) is 0 Å². The van der Waals surface area contributed by atoms with Crippen molar-refractivity contribution in [3.05, 3.63) is 87.8 Å². The lowest BCUT2D eigenvalue weighted by molar-refractivity contribution is -0.132. The van der Waals surface area contributed by atoms with E-state index in [0.717, 1.165) is 23.1 Å². The van der Waals surface area contributed by atoms with Gasteiger partial charge in [0.15, 0.2) is 11.6 Å². The molecule has 1 aliphatic rings. The summed E-state index contributed by atoms with van der Waals surface area (Å²) in [5.41, 5.74) is -0.181. The van der Waals surface area contributed by atoms with E-state index >= 15 is 0 Å². The number of rotatable bonds is 4. The molecule has 1 N–H and O–H groups in total. The minimum Gasteiger partial charge on any atom is -0.507 e. The molecule has 1 atom stereocenters. The van der Waals surface area contributed by atoms with Crippen molar-refractivity contribution in [1.29, 1.82) is 0 Å². The summed E-state index contributed by atoms with van der Waals surface area (Å²) in [4.78, 5) is 26.9. The van der Waals surface area contributed by atoms with E-state index in [-0.39, 0.29) is 33.4 Å². The molecule has 2 aromatic carbocycles. The summed E-state index contributed by atoms with van der Waals surface area (Å²) < 4.78 is 38.2. The molecule has 6 nitrogen and oxygen atoms in total. The van der Waals surface area contributed by atoms with Crippen LogP contribution in [0.1, 0.15) is 23.1 Å². The normalized spacial score (nSPS) is 17.8. The van der Waals surface area contributed by atoms with E-state index in [1.54, 1.807) is 13.0 Å². The molecular weight excluding hydrogens is 444 g/mol. The predicted molar refractivity (Wildman–Crippen MR) is 113 cm³/mol. The summed E-state index contributed by atoms with van der Waals surface area (Å²) in [6.45, 7) is 1.66. The van der Waals surface area contributed by atoms with E-state index in [2.05, 4.69) is 0 Å². The Labute approximate surface area is 186 Å². The Morgan fingerprint density at radius 2 is 1.84 bits per heavy atom. The molecule has 32 heavy (non-hydrogen) atoms. The van der Waals surface area contributed by atoms with Gasteiger partial charge in [-0.15, -0.1) is 0 Å². The summed E-state index contributed by atoms with van der Waals surface area (Å²) in [6, 6.07) is 9.08. The van der Waals surface area contributed by atoms with Crippen LogP contribution in [0.15, 0.2) is 58.5 Å². The summed E-state index contributed by atoms with van der Waals surface area (Å²) in [5.74, 6) is -3.95. The quantitative estimate of drug-likeness (QED) is 0.331. The topological polar surface area (TPSA) is 80.0 Å². The van der Waals surface area contributed by atoms with Gasteiger partial charge in [-0.05, 0) is 49.4 Å². The second-order valence-corrected chi connectivity index (χ2v) is 7.47. The van der Waals surface area contributed by atoms with Crippen molar-refractivity contribution in [3.8, 4) is 5.75 Å². The maximum atomic E-state index is 13.9. The monoisotopic (exact) mass is 459 g/mol. The van der Waals surface area contributed by atoms with Gasteiger partial charge in [0, 0.05) is 17.3 Å². The number of ether oxygens (including phenoxy) is 1. The standard InChI is InChI=1S/C23H16ClF2NO5/c1-11-3-8-17(32-11)20-19(21(28)12-4-6-14(24)18(9-12)31-2)22(29)23(30)27(20)13-5-7-15(25)16(26)10-13/h3-10,20,28H,1-2H3/b21-19-. The highest BCUT2D eigenvalue weighted by atomic mass is 35.5. The van der Waals surface area contributed by atoms with Gasteiger partial charge in [-0.3, -0.25) is 14.5 Å². The van der Waals surface area contributed by atoms with Crippen LogP contribution in [0.4, 0.5) is 14.5 Å². The lowest BCUT2D eigenvalue weighted by Gasteiger charge is -2.23. The highest BCUT2D eigenvalue weighted by Crippen LogP contribution is 2.43. The second kappa shape index (κ2) is 8.12. The molecule has 1 fully saturated rings. The van der Waals surface area contributed by atoms with Crippen LogP contribution in [-0.4, -0.2) is 23.9 Å². The van der Waals surface area contributed by atoms with Crippen LogP contribution in [0.3, 0.4) is 0 Å². The van der Waals surface area contributed by atoms with Crippen LogP contribution in [0, 0.1) is 18.6 Å². The zero-order valence-electron chi connectivity index (χ0n) is 16.9. The van der Waals surface area contributed by atoms with E-state index in [9.17, 15) is 23.5 Å². The third-order valence-corrected chi connectivity index (χ3v) is 5.39. The number of hydrogen-bond acceptors (Lipinski definition) is 5. The van der Waals surface area contributed by atoms with Crippen molar-refractivity contribution in [1.82, 2.24) is 0 Å². The number of amides is 1. The largest absolute Gasteiger partial charge is 0.507 e. The predicted octanol–water partition coefficient (Wildman–Crippen LogP) is 5.15. The molecule has 1 saturated heterocycles. The third kappa shape index (κ3) is 3.52. The van der Waals surface area contributed by atoms with Crippen molar-refractivity contribution in [2.45, 2.75) is 13.0 Å². The number of nitrogens with zero attached hydrogens (tertiary/aromatic N) is 1. The first kappa shape index (κ1) is 21.6. The minimum atomic E-state index is -1.21. The molecule has 2 heterocycles. The lowest BCUT2D eigenvalue weighted by atomic mass is 9.99. The van der Waals surface area contributed by atoms with Crippen molar-refractivity contribution in [3.63, 3.8) is 0 Å². The van der Waals surface area contributed by atoms with Gasteiger partial charge in [0.2, 0.25) is 0 Å². The summed E-state index contributed by atoms with van der Waals surface area (Å²) in [6.07, 6.45) is 0. The van der Waals surface area contributed by atoms with Crippen LogP contribution in [0.25, 0.3) is 5.76 Å². The Kier molecular flexibility index (Phi) is 5.48. The van der Waals surface area contributed by atoms with E-state index in [4.69, 9.17) is 20.8 Å². The van der Waals surface area contributed by atoms with E-state index in [0.29, 0.717) is 5.76 Å². The molecular formula is C23H16ClF2NO5. The molecule has 1 amide bonds. The van der Waals surface area contributed by atoms with Gasteiger partial charge in [0.25, 0.3) is 11.7 Å². The number of anilines is 1. The number of halogens is 3. The smallest absolute Gasteiger partial charge is 0.300 e. The number of aliphatic hydroxyl groups is 1. The van der Waals surface area contributed by atoms with Crippen LogP contribution in [-0.2, 0) is 9.59 Å². The molecule has 1 unspecified atom stereocenters. The Morgan fingerprint density at radius 3 is 2.47 bits per heavy atom. The fraction of sp³-hybridized carbons (Fsp3) is 0.130. The molecule has 164 valence electrons. The maximum Gasteiger partial charge on any atom is 0.300 e. The summed E-state index contributed by atoms with van der Waals surface area (Å²) >= 11 is 6.04. The molecule has 3 aromatic rings. The molecule has 9 heteroatoms. The molecule has 1 aromatic heterocycles. The van der Waals surface area contributed by atoms with Gasteiger partial charge in [0.05, 0.1) is 17.7 Å². The van der Waals surface area contributed by atoms with E-state index in [1.165, 1.54) is 31.4 Å². The van der Waals surface area contributed by atoms with Gasteiger partial charge in [-0.2, -0.15) is 0 Å². The number of carbonyl (C=O) groups excluding carboxylic acids is 2. The van der Waals surface area contributed by atoms with Gasteiger partial charge in [0.1, 0.15) is 29.1 Å². The number of benzene rings is 2. The highest BCUT2D eigenvalue weighted by Gasteiger charge is 2.48. The number of carbonyl (C=O) groups is 2. The van der Waals surface area contributed by atoms with Crippen LogP contribution >= 0.6 is 11.6 Å². The molecule has 0 bridgehead atoms. The number of ketones is 1. The van der Waals surface area contributed by atoms with Gasteiger partial charge >= 0.3 is 0 Å². The van der Waals surface area contributed by atoms with Crippen molar-refractivity contribution in [2.75, 3.05) is 12.0 Å². The maximum absolute atomic E-state index is 13.9. The van der Waals surface area contributed by atoms with Crippen molar-refractivity contribution >= 4 is 34.7 Å². The zero-order chi connectivity index (χ0) is 23.2. The average Bonchev–Trinajstić information content (AvgIpc) is 3.31. The molecule has 0 saturated carbocycles. The van der Waals surface area contributed by atoms with Crippen LogP contribution < -0.4 is 9.64 Å². The number of aliphatic hydroxyl groups excluding tert-OH is 1. The fourth-order valence-electron chi connectivity index (χ4n) is 3.57. The van der Waals surface area contributed by atoms with Gasteiger partial charge in [-0.25, -0.2) is 8.78 Å². The van der Waals surface area contributed by atoms with Crippen LogP contribution in [0.2, 0.25) is 5.02 Å². The molecule has 0 spiro atoms. The van der Waals surface area contributed by atoms with Crippen LogP contribution in [0.5, 0.6) is 5.75 Å². The average molecular weight is 460 g/mol. The fourth-order valence-corrected chi connectivity index (χ4v) is 3.76. The Bertz CT molecular complexity index is 1280. The third-order valence-electron chi connectivity index (χ3n) is 5.08. The summed E-state index contributed by atoms with van der Waals surface area (Å²) in [7, 11) is 1.39. The Hall–Kier alpha value is -3.65. The first-order valence-corrected chi connectivity index (χ1v) is 9.77. The number of aryl methyl sites for hydroxylation is 1. The number of furan rings is 1. The highest BCUT2D eigenvalue weighted by molar-refractivity contribution is 6.51. The number of Topliss-reactive ketones (excluding diaryl/α,β-unsaturated/α-hetero) is 1. The minimum absolute atomic E-state index is 0.0715. The van der Waals surface area contributed by atoms with Gasteiger partial charge in [-0.1, -0.05) is 11.6 Å². The first-order chi connectivity index (χ1) is 15.2. The number of methoxy groups -OCH3 is 1. The first-order valence-electron chi connectivity index (χ1n) is 9.39. The summed E-state index contributed by atoms with van der Waals surface area (Å²) in [5, 5.41) is 11.3. The van der Waals surface area contributed by atoms with Gasteiger partial charge < -0.3 is 14.3 Å². The SMILES string of the molecule is COc1cc(/C(O)=C2/C(=O)C(=O)N(c3ccc(F)c(F)c3)C2c2ccc(C)o2)ccc1Cl. The molecule has 4 rings (SSSR count). The Balaban J connectivity index is 1.94. The zero-order valence-corrected chi connectivity index (χ0v) is 17.6. The molecule has 0 aliphatic carbocycles. The number of hydrogen-bond donors (Lipinski definition) is 1. The van der Waals surface area contributed by atoms with Crippen molar-refractivity contribution in [2.24, 2.45) is 0 Å². The van der Waals surface area contributed by atoms with E-state index < -0.39 is 35.1 Å². The molecule has 0 radical (unpaired) electrons.